The molecule has 24 heavy (non-hydrogen) atoms. The van der Waals surface area contributed by atoms with Gasteiger partial charge in [0.05, 0.1) is 19.8 Å². The number of para-hydroxylation sites is 1. The minimum atomic E-state index is -0.236. The molecule has 1 atom stereocenters. The van der Waals surface area contributed by atoms with E-state index in [0.29, 0.717) is 19.4 Å². The zero-order chi connectivity index (χ0) is 16.9. The van der Waals surface area contributed by atoms with Crippen molar-refractivity contribution in [2.75, 3.05) is 20.3 Å². The van der Waals surface area contributed by atoms with Crippen LogP contribution in [0.5, 0.6) is 5.75 Å². The normalized spacial score (nSPS) is 16.6. The topological polar surface area (TPSA) is 49.8 Å². The summed E-state index contributed by atoms with van der Waals surface area (Å²) < 4.78 is 5.35. The van der Waals surface area contributed by atoms with Crippen LogP contribution in [0.2, 0.25) is 0 Å². The zero-order valence-electron chi connectivity index (χ0n) is 13.9. The summed E-state index contributed by atoms with van der Waals surface area (Å²) in [5.74, 6) is 0.891. The molecule has 1 aliphatic rings. The third-order valence-corrected chi connectivity index (χ3v) is 4.71. The van der Waals surface area contributed by atoms with E-state index in [4.69, 9.17) is 4.74 Å². The molecule has 0 aromatic heterocycles. The van der Waals surface area contributed by atoms with Crippen LogP contribution in [-0.2, 0) is 17.6 Å². The summed E-state index contributed by atoms with van der Waals surface area (Å²) in [6.45, 7) is 0.615. The fourth-order valence-electron chi connectivity index (χ4n) is 3.44. The zero-order valence-corrected chi connectivity index (χ0v) is 13.9. The fraction of sp³-hybridized carbons (Fsp3) is 0.350. The third-order valence-electron chi connectivity index (χ3n) is 4.71. The number of amides is 1. The number of carbonyl (C=O) groups is 1. The van der Waals surface area contributed by atoms with Gasteiger partial charge in [0.1, 0.15) is 5.75 Å². The molecule has 0 saturated carbocycles. The van der Waals surface area contributed by atoms with Crippen molar-refractivity contribution in [1.29, 1.82) is 0 Å². The van der Waals surface area contributed by atoms with Crippen molar-refractivity contribution in [2.45, 2.75) is 25.3 Å². The van der Waals surface area contributed by atoms with Gasteiger partial charge in [-0.2, -0.15) is 0 Å². The van der Waals surface area contributed by atoms with E-state index in [9.17, 15) is 9.90 Å². The van der Waals surface area contributed by atoms with Gasteiger partial charge in [-0.3, -0.25) is 4.79 Å². The Kier molecular flexibility index (Phi) is 5.16. The van der Waals surface area contributed by atoms with Crippen LogP contribution in [0.25, 0.3) is 0 Å². The SMILES string of the molecule is COc1ccccc1CCC(=O)N1CCc2ccccc2[C@H]1CO. The number of fused-ring (bicyclic) bond motifs is 1. The number of methoxy groups -OCH3 is 1. The average molecular weight is 325 g/mol. The lowest BCUT2D eigenvalue weighted by Gasteiger charge is -2.36. The van der Waals surface area contributed by atoms with E-state index in [0.717, 1.165) is 23.3 Å². The van der Waals surface area contributed by atoms with Crippen LogP contribution in [0.1, 0.15) is 29.2 Å². The molecule has 1 amide bonds. The van der Waals surface area contributed by atoms with Gasteiger partial charge in [0, 0.05) is 13.0 Å². The van der Waals surface area contributed by atoms with Crippen LogP contribution in [0.3, 0.4) is 0 Å². The maximum atomic E-state index is 12.7. The highest BCUT2D eigenvalue weighted by Gasteiger charge is 2.29. The van der Waals surface area contributed by atoms with Crippen LogP contribution < -0.4 is 4.74 Å². The quantitative estimate of drug-likeness (QED) is 0.919. The molecule has 3 rings (SSSR count). The molecule has 0 radical (unpaired) electrons. The van der Waals surface area contributed by atoms with Gasteiger partial charge in [-0.25, -0.2) is 0 Å². The van der Waals surface area contributed by atoms with Gasteiger partial charge in [0.2, 0.25) is 5.91 Å². The highest BCUT2D eigenvalue weighted by atomic mass is 16.5. The second kappa shape index (κ2) is 7.49. The molecule has 0 bridgehead atoms. The maximum Gasteiger partial charge on any atom is 0.223 e. The number of aryl methyl sites for hydroxylation is 1. The molecule has 0 spiro atoms. The predicted octanol–water partition coefficient (Wildman–Crippen LogP) is 2.75. The summed E-state index contributed by atoms with van der Waals surface area (Å²) in [6, 6.07) is 15.6. The minimum absolute atomic E-state index is 0.0442. The van der Waals surface area contributed by atoms with Crippen molar-refractivity contribution < 1.29 is 14.6 Å². The Labute approximate surface area is 142 Å². The van der Waals surface area contributed by atoms with E-state index < -0.39 is 0 Å². The number of ether oxygens (including phenoxy) is 1. The first kappa shape index (κ1) is 16.5. The van der Waals surface area contributed by atoms with Crippen LogP contribution in [0.4, 0.5) is 0 Å². The highest BCUT2D eigenvalue weighted by Crippen LogP contribution is 2.30. The van der Waals surface area contributed by atoms with Crippen molar-refractivity contribution in [1.82, 2.24) is 4.90 Å². The number of hydrogen-bond donors (Lipinski definition) is 1. The Morgan fingerprint density at radius 1 is 1.21 bits per heavy atom. The minimum Gasteiger partial charge on any atom is -0.496 e. The number of hydrogen-bond acceptors (Lipinski definition) is 3. The van der Waals surface area contributed by atoms with Crippen LogP contribution in [0.15, 0.2) is 48.5 Å². The Morgan fingerprint density at radius 3 is 2.75 bits per heavy atom. The van der Waals surface area contributed by atoms with Crippen molar-refractivity contribution >= 4 is 5.91 Å². The van der Waals surface area contributed by atoms with Gasteiger partial charge in [-0.1, -0.05) is 42.5 Å². The van der Waals surface area contributed by atoms with E-state index >= 15 is 0 Å². The Balaban J connectivity index is 1.71. The maximum absolute atomic E-state index is 12.7. The Bertz CT molecular complexity index is 714. The van der Waals surface area contributed by atoms with E-state index in [-0.39, 0.29) is 18.6 Å². The molecule has 0 unspecified atom stereocenters. The molecule has 4 nitrogen and oxygen atoms in total. The summed E-state index contributed by atoms with van der Waals surface area (Å²) in [4.78, 5) is 14.5. The molecule has 2 aromatic rings. The number of aliphatic hydroxyl groups is 1. The van der Waals surface area contributed by atoms with E-state index in [1.54, 1.807) is 7.11 Å². The molecule has 126 valence electrons. The van der Waals surface area contributed by atoms with Crippen LogP contribution in [-0.4, -0.2) is 36.2 Å². The van der Waals surface area contributed by atoms with Crippen molar-refractivity contribution in [3.05, 3.63) is 65.2 Å². The largest absolute Gasteiger partial charge is 0.496 e. The van der Waals surface area contributed by atoms with Gasteiger partial charge in [-0.15, -0.1) is 0 Å². The van der Waals surface area contributed by atoms with Crippen molar-refractivity contribution in [3.8, 4) is 5.75 Å². The molecular weight excluding hydrogens is 302 g/mol. The number of carbonyl (C=O) groups excluding carboxylic acids is 1. The lowest BCUT2D eigenvalue weighted by molar-refractivity contribution is -0.135. The highest BCUT2D eigenvalue weighted by molar-refractivity contribution is 5.77. The molecular formula is C20H23NO3. The monoisotopic (exact) mass is 325 g/mol. The smallest absolute Gasteiger partial charge is 0.223 e. The molecule has 0 saturated heterocycles. The molecule has 1 aliphatic heterocycles. The summed E-state index contributed by atoms with van der Waals surface area (Å²) in [7, 11) is 1.64. The number of aliphatic hydroxyl groups excluding tert-OH is 1. The molecule has 2 aromatic carbocycles. The summed E-state index contributed by atoms with van der Waals surface area (Å²) in [6.07, 6.45) is 1.89. The van der Waals surface area contributed by atoms with Gasteiger partial charge < -0.3 is 14.7 Å². The van der Waals surface area contributed by atoms with Gasteiger partial charge in [0.25, 0.3) is 0 Å². The Hall–Kier alpha value is -2.33. The van der Waals surface area contributed by atoms with Gasteiger partial charge >= 0.3 is 0 Å². The summed E-state index contributed by atoms with van der Waals surface area (Å²) in [5, 5.41) is 9.81. The fourth-order valence-corrected chi connectivity index (χ4v) is 3.44. The van der Waals surface area contributed by atoms with E-state index in [1.807, 2.05) is 47.4 Å². The lowest BCUT2D eigenvalue weighted by Crippen LogP contribution is -2.41. The average Bonchev–Trinajstić information content (AvgIpc) is 2.65. The summed E-state index contributed by atoms with van der Waals surface area (Å²) >= 11 is 0. The lowest BCUT2D eigenvalue weighted by atomic mass is 9.92. The first-order valence-corrected chi connectivity index (χ1v) is 8.34. The first-order valence-electron chi connectivity index (χ1n) is 8.34. The summed E-state index contributed by atoms with van der Waals surface area (Å²) in [5.41, 5.74) is 3.33. The van der Waals surface area contributed by atoms with Crippen LogP contribution in [0, 0.1) is 0 Å². The molecule has 0 aliphatic carbocycles. The molecule has 1 N–H and O–H groups in total. The van der Waals surface area contributed by atoms with E-state index in [1.165, 1.54) is 5.56 Å². The van der Waals surface area contributed by atoms with Crippen LogP contribution >= 0.6 is 0 Å². The molecule has 0 fully saturated rings. The van der Waals surface area contributed by atoms with E-state index in [2.05, 4.69) is 6.07 Å². The number of benzene rings is 2. The van der Waals surface area contributed by atoms with Crippen molar-refractivity contribution in [3.63, 3.8) is 0 Å². The third kappa shape index (κ3) is 3.29. The first-order chi connectivity index (χ1) is 11.7. The van der Waals surface area contributed by atoms with Gasteiger partial charge in [-0.05, 0) is 35.6 Å². The standard InChI is InChI=1S/C20H23NO3/c1-24-19-9-5-3-7-16(19)10-11-20(23)21-13-12-15-6-2-4-8-17(15)18(21)14-22/h2-9,18,22H,10-14H2,1H3/t18-/m1/s1. The van der Waals surface area contributed by atoms with Gasteiger partial charge in [0.15, 0.2) is 0 Å². The number of nitrogens with zero attached hydrogens (tertiary/aromatic N) is 1. The van der Waals surface area contributed by atoms with Crippen molar-refractivity contribution in [2.24, 2.45) is 0 Å². The second-order valence-electron chi connectivity index (χ2n) is 6.05. The second-order valence-corrected chi connectivity index (χ2v) is 6.05. The molecule has 4 heteroatoms. The predicted molar refractivity (Wildman–Crippen MR) is 93.0 cm³/mol. The number of rotatable bonds is 5. The molecule has 1 heterocycles. The Morgan fingerprint density at radius 2 is 1.96 bits per heavy atom.